The molecule has 0 fully saturated rings. The van der Waals surface area contributed by atoms with Gasteiger partial charge in [-0.25, -0.2) is 9.37 Å². The molecule has 0 radical (unpaired) electrons. The number of imidazole rings is 1. The number of rotatable bonds is 2. The number of benzene rings is 2. The van der Waals surface area contributed by atoms with Gasteiger partial charge in [-0.2, -0.15) is 0 Å². The fourth-order valence-corrected chi connectivity index (χ4v) is 2.45. The summed E-state index contributed by atoms with van der Waals surface area (Å²) >= 11 is 6.22. The highest BCUT2D eigenvalue weighted by atomic mass is 35.5. The van der Waals surface area contributed by atoms with Crippen molar-refractivity contribution in [3.05, 3.63) is 59.7 Å². The van der Waals surface area contributed by atoms with Crippen LogP contribution in [-0.4, -0.2) is 9.55 Å². The number of fused-ring (bicyclic) bond motifs is 1. The maximum Gasteiger partial charge on any atom is 0.132 e. The Balaban J connectivity index is 2.31. The number of hydrogen-bond acceptors (Lipinski definition) is 1. The second kappa shape index (κ2) is 4.91. The Morgan fingerprint density at radius 3 is 2.50 bits per heavy atom. The number of hydrogen-bond donors (Lipinski definition) is 0. The van der Waals surface area contributed by atoms with Gasteiger partial charge >= 0.3 is 0 Å². The molecule has 2 nitrogen and oxygen atoms in total. The predicted octanol–water partition coefficient (Wildman–Crippen LogP) is 4.77. The van der Waals surface area contributed by atoms with Crippen LogP contribution in [0.4, 0.5) is 4.39 Å². The van der Waals surface area contributed by atoms with E-state index < -0.39 is 0 Å². The van der Waals surface area contributed by atoms with E-state index in [9.17, 15) is 4.39 Å². The molecule has 1 unspecified atom stereocenters. The highest BCUT2D eigenvalue weighted by molar-refractivity contribution is 6.20. The maximum absolute atomic E-state index is 13.4. The van der Waals surface area contributed by atoms with E-state index in [1.165, 1.54) is 17.7 Å². The molecule has 3 aromatic rings. The van der Waals surface area contributed by atoms with E-state index in [2.05, 4.69) is 4.98 Å². The van der Waals surface area contributed by atoms with Gasteiger partial charge in [0.2, 0.25) is 0 Å². The van der Waals surface area contributed by atoms with E-state index in [1.807, 2.05) is 42.7 Å². The zero-order valence-corrected chi connectivity index (χ0v) is 12.0. The van der Waals surface area contributed by atoms with Gasteiger partial charge in [0, 0.05) is 11.8 Å². The molecule has 0 aliphatic rings. The van der Waals surface area contributed by atoms with E-state index in [1.54, 1.807) is 6.07 Å². The molecule has 0 spiro atoms. The SMILES string of the molecule is Cc1ccc(-n2c(C(C)Cl)nc3cc(F)ccc32)cc1. The van der Waals surface area contributed by atoms with Crippen LogP contribution in [0.3, 0.4) is 0 Å². The molecule has 0 aliphatic carbocycles. The van der Waals surface area contributed by atoms with Crippen LogP contribution in [0.5, 0.6) is 0 Å². The molecule has 4 heteroatoms. The summed E-state index contributed by atoms with van der Waals surface area (Å²) < 4.78 is 15.3. The van der Waals surface area contributed by atoms with Crippen molar-refractivity contribution in [3.63, 3.8) is 0 Å². The summed E-state index contributed by atoms with van der Waals surface area (Å²) in [6.45, 7) is 3.90. The van der Waals surface area contributed by atoms with E-state index >= 15 is 0 Å². The van der Waals surface area contributed by atoms with Gasteiger partial charge in [0.15, 0.2) is 0 Å². The van der Waals surface area contributed by atoms with Gasteiger partial charge in [-0.05, 0) is 38.1 Å². The van der Waals surface area contributed by atoms with Crippen LogP contribution in [0.15, 0.2) is 42.5 Å². The number of alkyl halides is 1. The van der Waals surface area contributed by atoms with Crippen molar-refractivity contribution >= 4 is 22.6 Å². The molecule has 3 rings (SSSR count). The van der Waals surface area contributed by atoms with Gasteiger partial charge in [-0.15, -0.1) is 11.6 Å². The van der Waals surface area contributed by atoms with Crippen molar-refractivity contribution in [3.8, 4) is 5.69 Å². The predicted molar refractivity (Wildman–Crippen MR) is 80.0 cm³/mol. The Hall–Kier alpha value is -1.87. The molecular weight excluding hydrogens is 275 g/mol. The van der Waals surface area contributed by atoms with Crippen molar-refractivity contribution in [2.75, 3.05) is 0 Å². The Kier molecular flexibility index (Phi) is 3.22. The van der Waals surface area contributed by atoms with Crippen LogP contribution in [0.1, 0.15) is 23.7 Å². The summed E-state index contributed by atoms with van der Waals surface area (Å²) in [6, 6.07) is 12.7. The lowest BCUT2D eigenvalue weighted by Crippen LogP contribution is -2.01. The molecule has 1 heterocycles. The first-order chi connectivity index (χ1) is 9.56. The monoisotopic (exact) mass is 288 g/mol. The Morgan fingerprint density at radius 1 is 1.15 bits per heavy atom. The molecule has 1 atom stereocenters. The molecule has 0 saturated heterocycles. The smallest absolute Gasteiger partial charge is 0.132 e. The summed E-state index contributed by atoms with van der Waals surface area (Å²) in [5, 5.41) is -0.258. The number of aromatic nitrogens is 2. The van der Waals surface area contributed by atoms with Crippen LogP contribution in [0.25, 0.3) is 16.7 Å². The topological polar surface area (TPSA) is 17.8 Å². The van der Waals surface area contributed by atoms with E-state index in [4.69, 9.17) is 11.6 Å². The first-order valence-corrected chi connectivity index (χ1v) is 6.89. The van der Waals surface area contributed by atoms with E-state index in [-0.39, 0.29) is 11.2 Å². The first kappa shape index (κ1) is 13.1. The molecule has 102 valence electrons. The second-order valence-electron chi connectivity index (χ2n) is 4.89. The van der Waals surface area contributed by atoms with Crippen LogP contribution in [0.2, 0.25) is 0 Å². The Morgan fingerprint density at radius 2 is 1.85 bits per heavy atom. The summed E-state index contributed by atoms with van der Waals surface area (Å²) in [7, 11) is 0. The van der Waals surface area contributed by atoms with Crippen molar-refractivity contribution in [1.82, 2.24) is 9.55 Å². The summed E-state index contributed by atoms with van der Waals surface area (Å²) in [5.41, 5.74) is 3.64. The Bertz CT molecular complexity index is 760. The van der Waals surface area contributed by atoms with Crippen molar-refractivity contribution in [2.45, 2.75) is 19.2 Å². The minimum absolute atomic E-state index is 0.258. The molecule has 0 bridgehead atoms. The summed E-state index contributed by atoms with van der Waals surface area (Å²) in [4.78, 5) is 4.46. The van der Waals surface area contributed by atoms with Gasteiger partial charge < -0.3 is 0 Å². The fourth-order valence-electron chi connectivity index (χ4n) is 2.30. The van der Waals surface area contributed by atoms with Crippen LogP contribution in [-0.2, 0) is 0 Å². The average molecular weight is 289 g/mol. The van der Waals surface area contributed by atoms with Gasteiger partial charge in [0.05, 0.1) is 16.4 Å². The zero-order valence-electron chi connectivity index (χ0n) is 11.3. The molecule has 2 aromatic carbocycles. The van der Waals surface area contributed by atoms with Crippen molar-refractivity contribution < 1.29 is 4.39 Å². The quantitative estimate of drug-likeness (QED) is 0.621. The van der Waals surface area contributed by atoms with E-state index in [0.717, 1.165) is 17.0 Å². The number of nitrogens with zero attached hydrogens (tertiary/aromatic N) is 2. The fraction of sp³-hybridized carbons (Fsp3) is 0.188. The van der Waals surface area contributed by atoms with Gasteiger partial charge in [-0.1, -0.05) is 17.7 Å². The summed E-state index contributed by atoms with van der Waals surface area (Å²) in [5.74, 6) is 0.427. The average Bonchev–Trinajstić information content (AvgIpc) is 2.78. The molecule has 20 heavy (non-hydrogen) atoms. The van der Waals surface area contributed by atoms with E-state index in [0.29, 0.717) is 5.52 Å². The highest BCUT2D eigenvalue weighted by Gasteiger charge is 2.16. The minimum atomic E-state index is -0.292. The van der Waals surface area contributed by atoms with Crippen LogP contribution >= 0.6 is 11.6 Å². The lowest BCUT2D eigenvalue weighted by atomic mass is 10.2. The number of halogens is 2. The van der Waals surface area contributed by atoms with Gasteiger partial charge in [-0.3, -0.25) is 4.57 Å². The van der Waals surface area contributed by atoms with Crippen molar-refractivity contribution in [2.24, 2.45) is 0 Å². The lowest BCUT2D eigenvalue weighted by Gasteiger charge is -2.10. The summed E-state index contributed by atoms with van der Waals surface area (Å²) in [6.07, 6.45) is 0. The second-order valence-corrected chi connectivity index (χ2v) is 5.54. The largest absolute Gasteiger partial charge is 0.295 e. The molecule has 1 aromatic heterocycles. The van der Waals surface area contributed by atoms with Crippen LogP contribution in [0, 0.1) is 12.7 Å². The third-order valence-corrected chi connectivity index (χ3v) is 3.49. The third-order valence-electron chi connectivity index (χ3n) is 3.29. The molecule has 0 aliphatic heterocycles. The first-order valence-electron chi connectivity index (χ1n) is 6.45. The standard InChI is InChI=1S/C16H14ClFN2/c1-10-3-6-13(7-4-10)20-15-8-5-12(18)9-14(15)19-16(20)11(2)17/h3-9,11H,1-2H3. The zero-order chi connectivity index (χ0) is 14.3. The molecule has 0 saturated carbocycles. The molecule has 0 amide bonds. The van der Waals surface area contributed by atoms with Gasteiger partial charge in [0.25, 0.3) is 0 Å². The molecule has 0 N–H and O–H groups in total. The highest BCUT2D eigenvalue weighted by Crippen LogP contribution is 2.28. The van der Waals surface area contributed by atoms with Crippen molar-refractivity contribution in [1.29, 1.82) is 0 Å². The number of aryl methyl sites for hydroxylation is 1. The third kappa shape index (κ3) is 2.18. The normalized spacial score (nSPS) is 12.8. The molecular formula is C16H14ClFN2. The lowest BCUT2D eigenvalue weighted by molar-refractivity contribution is 0.629. The van der Waals surface area contributed by atoms with Gasteiger partial charge in [0.1, 0.15) is 11.6 Å². The Labute approximate surface area is 121 Å². The maximum atomic E-state index is 13.4. The minimum Gasteiger partial charge on any atom is -0.295 e. The van der Waals surface area contributed by atoms with Crippen LogP contribution < -0.4 is 0 Å².